The van der Waals surface area contributed by atoms with Gasteiger partial charge in [-0.3, -0.25) is 14.9 Å². The summed E-state index contributed by atoms with van der Waals surface area (Å²) in [4.78, 5) is 22.9. The summed E-state index contributed by atoms with van der Waals surface area (Å²) in [5.74, 6) is 1.01. The van der Waals surface area contributed by atoms with Gasteiger partial charge in [-0.05, 0) is 31.5 Å². The van der Waals surface area contributed by atoms with E-state index in [1.807, 2.05) is 6.92 Å². The molecule has 132 valence electrons. The molecule has 0 spiro atoms. The molecule has 1 atom stereocenters. The third-order valence-corrected chi connectivity index (χ3v) is 4.41. The number of nitro benzene ring substituents is 1. The number of methoxy groups -OCH3 is 2. The summed E-state index contributed by atoms with van der Waals surface area (Å²) < 4.78 is 10.3. The molecular formula is C16H23N3O5. The monoisotopic (exact) mass is 337 g/mol. The number of carbonyl (C=O) groups is 1. The Morgan fingerprint density at radius 2 is 2.00 bits per heavy atom. The van der Waals surface area contributed by atoms with Crippen LogP contribution in [0.15, 0.2) is 12.1 Å². The zero-order chi connectivity index (χ0) is 17.7. The number of carbonyl (C=O) groups excluding carboxylic acids is 1. The summed E-state index contributed by atoms with van der Waals surface area (Å²) in [5, 5.41) is 17.2. The van der Waals surface area contributed by atoms with Crippen molar-refractivity contribution in [2.45, 2.75) is 13.3 Å². The Morgan fingerprint density at radius 1 is 1.38 bits per heavy atom. The molecule has 0 bridgehead atoms. The summed E-state index contributed by atoms with van der Waals surface area (Å²) >= 11 is 0. The van der Waals surface area contributed by atoms with Gasteiger partial charge in [0.15, 0.2) is 11.5 Å². The third kappa shape index (κ3) is 3.94. The van der Waals surface area contributed by atoms with Gasteiger partial charge in [0.2, 0.25) is 5.91 Å². The standard InChI is InChI=1S/C16H23N3O5/c1-10(12-8-17-9-12)16(20)18-5-4-11-6-14(23-2)15(24-3)7-13(11)19(21)22/h6-7,10,12,17H,4-5,8-9H2,1-3H3,(H,18,20). The minimum Gasteiger partial charge on any atom is -0.493 e. The van der Waals surface area contributed by atoms with E-state index in [0.717, 1.165) is 13.1 Å². The van der Waals surface area contributed by atoms with E-state index in [-0.39, 0.29) is 17.5 Å². The van der Waals surface area contributed by atoms with Gasteiger partial charge in [0, 0.05) is 18.0 Å². The van der Waals surface area contributed by atoms with Gasteiger partial charge in [-0.1, -0.05) is 6.92 Å². The number of amides is 1. The molecule has 0 aromatic heterocycles. The topological polar surface area (TPSA) is 103 Å². The lowest BCUT2D eigenvalue weighted by Crippen LogP contribution is -2.49. The van der Waals surface area contributed by atoms with Gasteiger partial charge in [0.05, 0.1) is 25.2 Å². The van der Waals surface area contributed by atoms with Crippen molar-refractivity contribution in [1.82, 2.24) is 10.6 Å². The van der Waals surface area contributed by atoms with Crippen molar-refractivity contribution in [3.8, 4) is 11.5 Å². The van der Waals surface area contributed by atoms with E-state index in [4.69, 9.17) is 9.47 Å². The third-order valence-electron chi connectivity index (χ3n) is 4.41. The summed E-state index contributed by atoms with van der Waals surface area (Å²) in [5.41, 5.74) is 0.453. The fraction of sp³-hybridized carbons (Fsp3) is 0.562. The van der Waals surface area contributed by atoms with Gasteiger partial charge >= 0.3 is 0 Å². The van der Waals surface area contributed by atoms with Crippen LogP contribution in [-0.2, 0) is 11.2 Å². The van der Waals surface area contributed by atoms with E-state index in [1.165, 1.54) is 20.3 Å². The molecule has 0 saturated carbocycles. The molecule has 1 amide bonds. The molecule has 1 unspecified atom stereocenters. The Labute approximate surface area is 140 Å². The van der Waals surface area contributed by atoms with Crippen LogP contribution in [0.2, 0.25) is 0 Å². The Kier molecular flexibility index (Phi) is 5.97. The van der Waals surface area contributed by atoms with E-state index in [1.54, 1.807) is 6.07 Å². The minimum absolute atomic E-state index is 0.0235. The molecule has 8 heteroatoms. The maximum absolute atomic E-state index is 12.1. The van der Waals surface area contributed by atoms with E-state index < -0.39 is 4.92 Å². The van der Waals surface area contributed by atoms with Crippen molar-refractivity contribution in [3.05, 3.63) is 27.8 Å². The molecule has 0 radical (unpaired) electrons. The van der Waals surface area contributed by atoms with Crippen molar-refractivity contribution in [2.75, 3.05) is 33.9 Å². The van der Waals surface area contributed by atoms with Crippen molar-refractivity contribution in [2.24, 2.45) is 11.8 Å². The highest BCUT2D eigenvalue weighted by Crippen LogP contribution is 2.34. The number of hydrogen-bond donors (Lipinski definition) is 2. The number of ether oxygens (including phenoxy) is 2. The van der Waals surface area contributed by atoms with Crippen LogP contribution >= 0.6 is 0 Å². The fourth-order valence-electron chi connectivity index (χ4n) is 2.64. The molecule has 1 aliphatic heterocycles. The van der Waals surface area contributed by atoms with E-state index in [9.17, 15) is 14.9 Å². The highest BCUT2D eigenvalue weighted by Gasteiger charge is 2.28. The predicted octanol–water partition coefficient (Wildman–Crippen LogP) is 1.13. The Bertz CT molecular complexity index is 616. The lowest BCUT2D eigenvalue weighted by molar-refractivity contribution is -0.385. The molecule has 24 heavy (non-hydrogen) atoms. The van der Waals surface area contributed by atoms with E-state index in [0.29, 0.717) is 35.9 Å². The van der Waals surface area contributed by atoms with Crippen LogP contribution in [0.3, 0.4) is 0 Å². The highest BCUT2D eigenvalue weighted by molar-refractivity contribution is 5.78. The summed E-state index contributed by atoms with van der Waals surface area (Å²) in [7, 11) is 2.90. The Morgan fingerprint density at radius 3 is 2.50 bits per heavy atom. The summed E-state index contributed by atoms with van der Waals surface area (Å²) in [6, 6.07) is 2.93. The highest BCUT2D eigenvalue weighted by atomic mass is 16.6. The second-order valence-electron chi connectivity index (χ2n) is 5.84. The molecule has 1 heterocycles. The number of nitro groups is 1. The lowest BCUT2D eigenvalue weighted by Gasteiger charge is -2.31. The van der Waals surface area contributed by atoms with Gasteiger partial charge in [0.1, 0.15) is 0 Å². The molecule has 1 saturated heterocycles. The molecule has 8 nitrogen and oxygen atoms in total. The van der Waals surface area contributed by atoms with Gasteiger partial charge in [0.25, 0.3) is 5.69 Å². The average molecular weight is 337 g/mol. The second-order valence-corrected chi connectivity index (χ2v) is 5.84. The van der Waals surface area contributed by atoms with Crippen molar-refractivity contribution in [1.29, 1.82) is 0 Å². The SMILES string of the molecule is COc1cc(CCNC(=O)C(C)C2CNC2)c([N+](=O)[O-])cc1OC. The number of hydrogen-bond acceptors (Lipinski definition) is 6. The van der Waals surface area contributed by atoms with Crippen LogP contribution in [0.5, 0.6) is 11.5 Å². The minimum atomic E-state index is -0.457. The van der Waals surface area contributed by atoms with Gasteiger partial charge in [-0.2, -0.15) is 0 Å². The molecule has 1 aliphatic rings. The van der Waals surface area contributed by atoms with Gasteiger partial charge < -0.3 is 20.1 Å². The molecular weight excluding hydrogens is 314 g/mol. The van der Waals surface area contributed by atoms with Crippen molar-refractivity contribution in [3.63, 3.8) is 0 Å². The normalized spacial score (nSPS) is 15.3. The molecule has 0 aliphatic carbocycles. The number of nitrogens with one attached hydrogen (secondary N) is 2. The molecule has 1 aromatic rings. The Balaban J connectivity index is 2.02. The first-order valence-electron chi connectivity index (χ1n) is 7.85. The summed E-state index contributed by atoms with van der Waals surface area (Å²) in [6.07, 6.45) is 0.345. The number of rotatable bonds is 8. The van der Waals surface area contributed by atoms with E-state index in [2.05, 4.69) is 10.6 Å². The molecule has 1 fully saturated rings. The lowest BCUT2D eigenvalue weighted by atomic mass is 9.88. The molecule has 2 rings (SSSR count). The van der Waals surface area contributed by atoms with Crippen molar-refractivity contribution >= 4 is 11.6 Å². The van der Waals surface area contributed by atoms with Gasteiger partial charge in [-0.15, -0.1) is 0 Å². The molecule has 2 N–H and O–H groups in total. The van der Waals surface area contributed by atoms with Crippen LogP contribution in [0.1, 0.15) is 12.5 Å². The molecule has 1 aromatic carbocycles. The zero-order valence-corrected chi connectivity index (χ0v) is 14.1. The average Bonchev–Trinajstić information content (AvgIpc) is 2.52. The number of nitrogens with zero attached hydrogens (tertiary/aromatic N) is 1. The maximum atomic E-state index is 12.1. The van der Waals surface area contributed by atoms with Gasteiger partial charge in [-0.25, -0.2) is 0 Å². The zero-order valence-electron chi connectivity index (χ0n) is 14.1. The Hall–Kier alpha value is -2.35. The van der Waals surface area contributed by atoms with Crippen LogP contribution in [0.25, 0.3) is 0 Å². The van der Waals surface area contributed by atoms with Crippen LogP contribution < -0.4 is 20.1 Å². The van der Waals surface area contributed by atoms with Crippen molar-refractivity contribution < 1.29 is 19.2 Å². The van der Waals surface area contributed by atoms with Crippen LogP contribution in [-0.4, -0.2) is 44.7 Å². The second kappa shape index (κ2) is 7.96. The summed E-state index contributed by atoms with van der Waals surface area (Å²) in [6.45, 7) is 3.95. The maximum Gasteiger partial charge on any atom is 0.276 e. The predicted molar refractivity (Wildman–Crippen MR) is 88.4 cm³/mol. The first-order chi connectivity index (χ1) is 11.5. The number of benzene rings is 1. The first-order valence-corrected chi connectivity index (χ1v) is 7.85. The smallest absolute Gasteiger partial charge is 0.276 e. The quantitative estimate of drug-likeness (QED) is 0.544. The van der Waals surface area contributed by atoms with Crippen LogP contribution in [0, 0.1) is 22.0 Å². The van der Waals surface area contributed by atoms with E-state index >= 15 is 0 Å². The largest absolute Gasteiger partial charge is 0.493 e. The first kappa shape index (κ1) is 18.0. The fourth-order valence-corrected chi connectivity index (χ4v) is 2.64. The van der Waals surface area contributed by atoms with Crippen LogP contribution in [0.4, 0.5) is 5.69 Å².